The van der Waals surface area contributed by atoms with Crippen LogP contribution in [-0.2, 0) is 4.79 Å². The van der Waals surface area contributed by atoms with Crippen molar-refractivity contribution in [2.45, 2.75) is 20.8 Å². The molecule has 152 valence electrons. The summed E-state index contributed by atoms with van der Waals surface area (Å²) in [4.78, 5) is 12.7. The van der Waals surface area contributed by atoms with Gasteiger partial charge in [-0.05, 0) is 97.0 Å². The third kappa shape index (κ3) is 4.56. The van der Waals surface area contributed by atoms with E-state index >= 15 is 0 Å². The number of aryl methyl sites for hydroxylation is 2. The molecule has 0 aliphatic rings. The Balaban J connectivity index is 1.96. The van der Waals surface area contributed by atoms with E-state index in [1.165, 1.54) is 9.13 Å². The smallest absolute Gasteiger partial charge is 0.266 e. The van der Waals surface area contributed by atoms with E-state index in [0.717, 1.165) is 22.6 Å². The predicted molar refractivity (Wildman–Crippen MR) is 131 cm³/mol. The lowest BCUT2D eigenvalue weighted by molar-refractivity contribution is -0.112. The molecule has 1 amide bonds. The van der Waals surface area contributed by atoms with E-state index in [1.807, 2.05) is 26.0 Å². The molecule has 1 aromatic heterocycles. The first-order valence-corrected chi connectivity index (χ1v) is 10.9. The number of hydrogen-bond acceptors (Lipinski definition) is 2. The van der Waals surface area contributed by atoms with Gasteiger partial charge in [-0.25, -0.2) is 0 Å². The van der Waals surface area contributed by atoms with Crippen LogP contribution in [0.2, 0.25) is 10.0 Å². The van der Waals surface area contributed by atoms with Crippen LogP contribution in [0.25, 0.3) is 11.8 Å². The molecule has 0 saturated heterocycles. The van der Waals surface area contributed by atoms with Crippen molar-refractivity contribution in [3.8, 4) is 11.8 Å². The van der Waals surface area contributed by atoms with Crippen molar-refractivity contribution >= 4 is 63.5 Å². The molecule has 0 radical (unpaired) electrons. The van der Waals surface area contributed by atoms with Crippen LogP contribution in [-0.4, -0.2) is 10.5 Å². The van der Waals surface area contributed by atoms with E-state index < -0.39 is 5.91 Å². The average molecular weight is 550 g/mol. The Morgan fingerprint density at radius 2 is 1.90 bits per heavy atom. The fourth-order valence-corrected chi connectivity index (χ4v) is 3.88. The van der Waals surface area contributed by atoms with Crippen molar-refractivity contribution in [1.82, 2.24) is 4.57 Å². The van der Waals surface area contributed by atoms with Crippen LogP contribution < -0.4 is 5.32 Å². The summed E-state index contributed by atoms with van der Waals surface area (Å²) in [7, 11) is 0. The van der Waals surface area contributed by atoms with Gasteiger partial charge in [0.1, 0.15) is 11.6 Å². The Morgan fingerprint density at radius 3 is 2.57 bits per heavy atom. The molecular weight excluding hydrogens is 532 g/mol. The van der Waals surface area contributed by atoms with Crippen molar-refractivity contribution in [2.24, 2.45) is 0 Å². The summed E-state index contributed by atoms with van der Waals surface area (Å²) in [6.45, 7) is 6.03. The summed E-state index contributed by atoms with van der Waals surface area (Å²) in [5.74, 6) is -0.545. The van der Waals surface area contributed by atoms with Gasteiger partial charge in [-0.2, -0.15) is 5.26 Å². The maximum atomic E-state index is 12.7. The van der Waals surface area contributed by atoms with E-state index in [-0.39, 0.29) is 10.6 Å². The van der Waals surface area contributed by atoms with Gasteiger partial charge in [0.05, 0.1) is 15.7 Å². The lowest BCUT2D eigenvalue weighted by Crippen LogP contribution is -2.13. The molecule has 0 saturated carbocycles. The SMILES string of the molecule is Cc1cc(-n2c(C)cc(/C=C(\C#N)C(=O)Nc3cccc(Cl)c3Cl)c2C)ccc1I. The summed E-state index contributed by atoms with van der Waals surface area (Å²) >= 11 is 14.4. The molecule has 3 rings (SSSR count). The molecular formula is C23H18Cl2IN3O. The molecule has 2 aromatic carbocycles. The van der Waals surface area contributed by atoms with Crippen LogP contribution in [0.5, 0.6) is 0 Å². The number of nitrogens with zero attached hydrogens (tertiary/aromatic N) is 2. The number of carbonyl (C=O) groups excluding carboxylic acids is 1. The Labute approximate surface area is 199 Å². The molecule has 0 aliphatic heterocycles. The number of nitriles is 1. The molecule has 1 N–H and O–H groups in total. The lowest BCUT2D eigenvalue weighted by atomic mass is 10.1. The van der Waals surface area contributed by atoms with Crippen LogP contribution in [0.15, 0.2) is 48.0 Å². The second kappa shape index (κ2) is 9.25. The van der Waals surface area contributed by atoms with Crippen LogP contribution >= 0.6 is 45.8 Å². The van der Waals surface area contributed by atoms with Crippen molar-refractivity contribution in [3.05, 3.63) is 84.2 Å². The average Bonchev–Trinajstić information content (AvgIpc) is 2.98. The minimum absolute atomic E-state index is 0.0231. The second-order valence-corrected chi connectivity index (χ2v) is 8.77. The number of aromatic nitrogens is 1. The number of carbonyl (C=O) groups is 1. The fourth-order valence-electron chi connectivity index (χ4n) is 3.19. The zero-order chi connectivity index (χ0) is 22.0. The summed E-state index contributed by atoms with van der Waals surface area (Å²) in [5, 5.41) is 12.8. The number of benzene rings is 2. The second-order valence-electron chi connectivity index (χ2n) is 6.82. The summed E-state index contributed by atoms with van der Waals surface area (Å²) in [5.41, 5.74) is 5.31. The normalized spacial score (nSPS) is 11.3. The maximum absolute atomic E-state index is 12.7. The van der Waals surface area contributed by atoms with Crippen LogP contribution in [0.1, 0.15) is 22.5 Å². The Morgan fingerprint density at radius 1 is 1.17 bits per heavy atom. The third-order valence-corrected chi connectivity index (χ3v) is 6.76. The highest BCUT2D eigenvalue weighted by Gasteiger charge is 2.16. The zero-order valence-corrected chi connectivity index (χ0v) is 20.2. The van der Waals surface area contributed by atoms with Gasteiger partial charge in [0.15, 0.2) is 0 Å². The van der Waals surface area contributed by atoms with Gasteiger partial charge in [-0.3, -0.25) is 4.79 Å². The number of rotatable bonds is 4. The number of hydrogen-bond donors (Lipinski definition) is 1. The predicted octanol–water partition coefficient (Wildman–Crippen LogP) is 6.86. The largest absolute Gasteiger partial charge is 0.320 e. The maximum Gasteiger partial charge on any atom is 0.266 e. The number of amides is 1. The molecule has 0 unspecified atom stereocenters. The molecule has 0 bridgehead atoms. The van der Waals surface area contributed by atoms with Gasteiger partial charge in [-0.15, -0.1) is 0 Å². The van der Waals surface area contributed by atoms with Crippen LogP contribution in [0.4, 0.5) is 5.69 Å². The van der Waals surface area contributed by atoms with Crippen LogP contribution in [0.3, 0.4) is 0 Å². The summed E-state index contributed by atoms with van der Waals surface area (Å²) in [6.07, 6.45) is 1.59. The minimum atomic E-state index is -0.545. The van der Waals surface area contributed by atoms with E-state index in [2.05, 4.69) is 57.6 Å². The standard InChI is InChI=1S/C23H18Cl2IN3O/c1-13-9-18(7-8-20(13)26)29-14(2)10-16(15(29)3)11-17(12-27)23(30)28-21-6-4-5-19(24)22(21)25/h4-11H,1-3H3,(H,28,30)/b17-11+. The monoisotopic (exact) mass is 549 g/mol. The molecule has 3 aromatic rings. The molecule has 30 heavy (non-hydrogen) atoms. The van der Waals surface area contributed by atoms with Crippen molar-refractivity contribution in [3.63, 3.8) is 0 Å². The highest BCUT2D eigenvalue weighted by atomic mass is 127. The molecule has 0 spiro atoms. The van der Waals surface area contributed by atoms with Gasteiger partial charge in [0.2, 0.25) is 0 Å². The molecule has 7 heteroatoms. The first-order valence-electron chi connectivity index (χ1n) is 9.05. The third-order valence-electron chi connectivity index (χ3n) is 4.73. The van der Waals surface area contributed by atoms with Crippen molar-refractivity contribution < 1.29 is 4.79 Å². The Hall–Kier alpha value is -2.27. The highest BCUT2D eigenvalue weighted by molar-refractivity contribution is 14.1. The topological polar surface area (TPSA) is 57.8 Å². The van der Waals surface area contributed by atoms with E-state index in [0.29, 0.717) is 10.7 Å². The quantitative estimate of drug-likeness (QED) is 0.219. The van der Waals surface area contributed by atoms with Crippen molar-refractivity contribution in [2.75, 3.05) is 5.32 Å². The zero-order valence-electron chi connectivity index (χ0n) is 16.6. The van der Waals surface area contributed by atoms with E-state index in [9.17, 15) is 10.1 Å². The van der Waals surface area contributed by atoms with Gasteiger partial charge < -0.3 is 9.88 Å². The Kier molecular flexibility index (Phi) is 6.91. The molecule has 0 fully saturated rings. The van der Waals surface area contributed by atoms with Crippen LogP contribution in [0, 0.1) is 35.7 Å². The summed E-state index contributed by atoms with van der Waals surface area (Å²) in [6, 6.07) is 15.1. The fraction of sp³-hybridized carbons (Fsp3) is 0.130. The number of anilines is 1. The number of halogens is 3. The Bertz CT molecular complexity index is 1220. The highest BCUT2D eigenvalue weighted by Crippen LogP contribution is 2.30. The van der Waals surface area contributed by atoms with Gasteiger partial charge in [-0.1, -0.05) is 29.3 Å². The molecule has 4 nitrogen and oxygen atoms in total. The van der Waals surface area contributed by atoms with Crippen molar-refractivity contribution in [1.29, 1.82) is 5.26 Å². The molecule has 1 heterocycles. The first kappa shape index (κ1) is 22.4. The van der Waals surface area contributed by atoms with E-state index in [1.54, 1.807) is 24.3 Å². The van der Waals surface area contributed by atoms with Gasteiger partial charge >= 0.3 is 0 Å². The number of nitrogens with one attached hydrogen (secondary N) is 1. The molecule has 0 aliphatic carbocycles. The molecule has 0 atom stereocenters. The van der Waals surface area contributed by atoms with Gasteiger partial charge in [0, 0.05) is 20.6 Å². The van der Waals surface area contributed by atoms with E-state index in [4.69, 9.17) is 23.2 Å². The summed E-state index contributed by atoms with van der Waals surface area (Å²) < 4.78 is 3.30. The minimum Gasteiger partial charge on any atom is -0.320 e. The van der Waals surface area contributed by atoms with Gasteiger partial charge in [0.25, 0.3) is 5.91 Å². The lowest BCUT2D eigenvalue weighted by Gasteiger charge is -2.11. The first-order chi connectivity index (χ1) is 14.2.